The van der Waals surface area contributed by atoms with Gasteiger partial charge in [-0.15, -0.1) is 0 Å². The highest BCUT2D eigenvalue weighted by Gasteiger charge is 2.22. The summed E-state index contributed by atoms with van der Waals surface area (Å²) in [6, 6.07) is 7.17. The van der Waals surface area contributed by atoms with Crippen LogP contribution in [0.5, 0.6) is 0 Å². The molecule has 0 unspecified atom stereocenters. The van der Waals surface area contributed by atoms with Crippen LogP contribution in [-0.2, 0) is 11.3 Å². The summed E-state index contributed by atoms with van der Waals surface area (Å²) in [7, 11) is 0. The Hall–Kier alpha value is -0.970. The molecule has 1 N–H and O–H groups in total. The number of benzene rings is 1. The molecule has 0 spiro atoms. The number of aliphatic hydroxyl groups excluding tert-OH is 1. The van der Waals surface area contributed by atoms with Gasteiger partial charge in [0, 0.05) is 18.2 Å². The average Bonchev–Trinajstić information content (AvgIpc) is 2.50. The Labute approximate surface area is 126 Å². The zero-order valence-corrected chi connectivity index (χ0v) is 12.8. The zero-order valence-electron chi connectivity index (χ0n) is 12.8. The molecule has 0 aromatic heterocycles. The summed E-state index contributed by atoms with van der Waals surface area (Å²) >= 11 is 0. The van der Waals surface area contributed by atoms with Crippen molar-refractivity contribution in [2.24, 2.45) is 0 Å². The smallest absolute Gasteiger partial charge is 0.128 e. The molecule has 1 aromatic carbocycles. The SMILES string of the molecule is CC[C@H]1CCCCN1C[C@H](O)COCc1ccccc1F. The molecule has 0 amide bonds. The van der Waals surface area contributed by atoms with E-state index in [1.54, 1.807) is 18.2 Å². The highest BCUT2D eigenvalue weighted by Crippen LogP contribution is 2.19. The van der Waals surface area contributed by atoms with Crippen LogP contribution in [0, 0.1) is 5.82 Å². The average molecular weight is 295 g/mol. The van der Waals surface area contributed by atoms with E-state index in [2.05, 4.69) is 11.8 Å². The number of hydrogen-bond donors (Lipinski definition) is 1. The molecule has 1 aromatic rings. The van der Waals surface area contributed by atoms with Gasteiger partial charge in [-0.1, -0.05) is 31.5 Å². The van der Waals surface area contributed by atoms with Crippen molar-refractivity contribution in [3.8, 4) is 0 Å². The van der Waals surface area contributed by atoms with Crippen LogP contribution in [0.25, 0.3) is 0 Å². The van der Waals surface area contributed by atoms with Gasteiger partial charge in [0.1, 0.15) is 5.82 Å². The third kappa shape index (κ3) is 5.06. The predicted molar refractivity (Wildman–Crippen MR) is 81.6 cm³/mol. The van der Waals surface area contributed by atoms with Crippen molar-refractivity contribution in [2.75, 3.05) is 19.7 Å². The maximum absolute atomic E-state index is 13.4. The van der Waals surface area contributed by atoms with E-state index in [1.807, 2.05) is 0 Å². The number of piperidine rings is 1. The van der Waals surface area contributed by atoms with E-state index < -0.39 is 6.10 Å². The summed E-state index contributed by atoms with van der Waals surface area (Å²) in [6.07, 6.45) is 4.33. The van der Waals surface area contributed by atoms with Gasteiger partial charge in [0.2, 0.25) is 0 Å². The van der Waals surface area contributed by atoms with Gasteiger partial charge in [-0.25, -0.2) is 4.39 Å². The molecule has 1 aliphatic rings. The second-order valence-corrected chi connectivity index (χ2v) is 5.81. The summed E-state index contributed by atoms with van der Waals surface area (Å²) < 4.78 is 18.9. The number of likely N-dealkylation sites (tertiary alicyclic amines) is 1. The van der Waals surface area contributed by atoms with Crippen LogP contribution in [-0.4, -0.2) is 41.8 Å². The van der Waals surface area contributed by atoms with Gasteiger partial charge in [0.25, 0.3) is 0 Å². The first-order chi connectivity index (χ1) is 10.2. The first-order valence-electron chi connectivity index (χ1n) is 7.94. The van der Waals surface area contributed by atoms with Gasteiger partial charge in [-0.3, -0.25) is 4.90 Å². The fraction of sp³-hybridized carbons (Fsp3) is 0.647. The number of ether oxygens (including phenoxy) is 1. The van der Waals surface area contributed by atoms with E-state index in [0.29, 0.717) is 18.2 Å². The van der Waals surface area contributed by atoms with Gasteiger partial charge in [0.05, 0.1) is 19.3 Å². The van der Waals surface area contributed by atoms with Crippen molar-refractivity contribution in [1.82, 2.24) is 4.90 Å². The summed E-state index contributed by atoms with van der Waals surface area (Å²) in [6.45, 7) is 4.37. The minimum Gasteiger partial charge on any atom is -0.389 e. The standard InChI is InChI=1S/C17H26FNO2/c1-2-15-8-5-6-10-19(15)11-16(20)13-21-12-14-7-3-4-9-17(14)18/h3-4,7,9,15-16,20H,2,5-6,8,10-13H2,1H3/t15-,16-/m0/s1. The van der Waals surface area contributed by atoms with Crippen LogP contribution in [0.3, 0.4) is 0 Å². The van der Waals surface area contributed by atoms with E-state index >= 15 is 0 Å². The van der Waals surface area contributed by atoms with Crippen molar-refractivity contribution in [3.63, 3.8) is 0 Å². The number of aliphatic hydroxyl groups is 1. The molecule has 21 heavy (non-hydrogen) atoms. The highest BCUT2D eigenvalue weighted by molar-refractivity contribution is 5.16. The summed E-state index contributed by atoms with van der Waals surface area (Å²) in [5, 5.41) is 10.1. The highest BCUT2D eigenvalue weighted by atomic mass is 19.1. The number of hydrogen-bond acceptors (Lipinski definition) is 3. The minimum atomic E-state index is -0.510. The fourth-order valence-electron chi connectivity index (χ4n) is 3.01. The minimum absolute atomic E-state index is 0.209. The second-order valence-electron chi connectivity index (χ2n) is 5.81. The quantitative estimate of drug-likeness (QED) is 0.839. The van der Waals surface area contributed by atoms with E-state index in [4.69, 9.17) is 4.74 Å². The maximum atomic E-state index is 13.4. The Bertz CT molecular complexity index is 427. The third-order valence-electron chi connectivity index (χ3n) is 4.19. The lowest BCUT2D eigenvalue weighted by molar-refractivity contribution is -0.00435. The van der Waals surface area contributed by atoms with Gasteiger partial charge >= 0.3 is 0 Å². The summed E-state index contributed by atoms with van der Waals surface area (Å²) in [5.74, 6) is -0.255. The van der Waals surface area contributed by atoms with Crippen molar-refractivity contribution in [3.05, 3.63) is 35.6 Å². The monoisotopic (exact) mass is 295 g/mol. The molecular weight excluding hydrogens is 269 g/mol. The molecule has 0 bridgehead atoms. The van der Waals surface area contributed by atoms with Gasteiger partial charge in [-0.05, 0) is 31.9 Å². The Kier molecular flexibility index (Phi) is 6.61. The maximum Gasteiger partial charge on any atom is 0.128 e. The Morgan fingerprint density at radius 2 is 2.19 bits per heavy atom. The Balaban J connectivity index is 1.72. The topological polar surface area (TPSA) is 32.7 Å². The van der Waals surface area contributed by atoms with Crippen LogP contribution in [0.2, 0.25) is 0 Å². The normalized spacial score (nSPS) is 21.4. The first-order valence-corrected chi connectivity index (χ1v) is 7.94. The van der Waals surface area contributed by atoms with Gasteiger partial charge < -0.3 is 9.84 Å². The van der Waals surface area contributed by atoms with Gasteiger partial charge in [0.15, 0.2) is 0 Å². The van der Waals surface area contributed by atoms with Crippen molar-refractivity contribution < 1.29 is 14.2 Å². The summed E-state index contributed by atoms with van der Waals surface area (Å²) in [4.78, 5) is 2.36. The van der Waals surface area contributed by atoms with Gasteiger partial charge in [-0.2, -0.15) is 0 Å². The van der Waals surface area contributed by atoms with E-state index in [1.165, 1.54) is 25.3 Å². The molecule has 118 valence electrons. The van der Waals surface area contributed by atoms with Crippen molar-refractivity contribution >= 4 is 0 Å². The first kappa shape index (κ1) is 16.4. The second kappa shape index (κ2) is 8.47. The molecular formula is C17H26FNO2. The zero-order chi connectivity index (χ0) is 15.1. The molecule has 1 saturated heterocycles. The van der Waals surface area contributed by atoms with Crippen molar-refractivity contribution in [2.45, 2.75) is 51.4 Å². The lowest BCUT2D eigenvalue weighted by Gasteiger charge is -2.36. The molecule has 0 radical (unpaired) electrons. The van der Waals surface area contributed by atoms with Crippen LogP contribution >= 0.6 is 0 Å². The molecule has 0 aliphatic carbocycles. The molecule has 1 aliphatic heterocycles. The number of β-amino-alcohol motifs (C(OH)–C–C–N with tert-alkyl or cyclic N) is 1. The Morgan fingerprint density at radius 1 is 1.38 bits per heavy atom. The predicted octanol–water partition coefficient (Wildman–Crippen LogP) is 2.97. The van der Waals surface area contributed by atoms with Crippen LogP contribution in [0.4, 0.5) is 4.39 Å². The number of nitrogens with zero attached hydrogens (tertiary/aromatic N) is 1. The number of halogens is 1. The molecule has 4 heteroatoms. The largest absolute Gasteiger partial charge is 0.389 e. The fourth-order valence-corrected chi connectivity index (χ4v) is 3.01. The lowest BCUT2D eigenvalue weighted by Crippen LogP contribution is -2.44. The lowest BCUT2D eigenvalue weighted by atomic mass is 10.00. The van der Waals surface area contributed by atoms with E-state index in [0.717, 1.165) is 13.0 Å². The summed E-state index contributed by atoms with van der Waals surface area (Å²) in [5.41, 5.74) is 0.536. The van der Waals surface area contributed by atoms with Crippen LogP contribution in [0.15, 0.2) is 24.3 Å². The Morgan fingerprint density at radius 3 is 2.95 bits per heavy atom. The van der Waals surface area contributed by atoms with Crippen LogP contribution in [0.1, 0.15) is 38.2 Å². The van der Waals surface area contributed by atoms with Crippen molar-refractivity contribution in [1.29, 1.82) is 0 Å². The van der Waals surface area contributed by atoms with Crippen LogP contribution < -0.4 is 0 Å². The third-order valence-corrected chi connectivity index (χ3v) is 4.19. The van der Waals surface area contributed by atoms with E-state index in [-0.39, 0.29) is 19.0 Å². The molecule has 1 heterocycles. The van der Waals surface area contributed by atoms with E-state index in [9.17, 15) is 9.50 Å². The molecule has 1 fully saturated rings. The molecule has 0 saturated carbocycles. The molecule has 2 rings (SSSR count). The molecule has 2 atom stereocenters. The number of rotatable bonds is 7. The molecule has 3 nitrogen and oxygen atoms in total.